The molecule has 1 atom stereocenters. The first kappa shape index (κ1) is 17.9. The first-order valence-electron chi connectivity index (χ1n) is 5.40. The number of aliphatic hydroxyl groups excluding tert-OH is 1. The molecule has 1 amide bonds. The molecule has 2 N–H and O–H groups in total. The van der Waals surface area contributed by atoms with Crippen molar-refractivity contribution in [3.63, 3.8) is 0 Å². The molecule has 0 radical (unpaired) electrons. The largest absolute Gasteiger partial charge is 1.00 e. The number of nitrogens with one attached hydrogen (secondary N) is 1. The van der Waals surface area contributed by atoms with Gasteiger partial charge in [0.1, 0.15) is 6.61 Å². The Morgan fingerprint density at radius 2 is 1.95 bits per heavy atom. The van der Waals surface area contributed by atoms with Crippen molar-refractivity contribution in [2.45, 2.75) is 19.1 Å². The average Bonchev–Trinajstić information content (AvgIpc) is 2.34. The third-order valence-corrected chi connectivity index (χ3v) is 2.10. The van der Waals surface area contributed by atoms with E-state index in [9.17, 15) is 14.7 Å². The molecule has 0 aromatic heterocycles. The van der Waals surface area contributed by atoms with Crippen molar-refractivity contribution >= 4 is 12.1 Å². The molecule has 1 rings (SSSR count). The zero-order chi connectivity index (χ0) is 13.4. The third kappa shape index (κ3) is 8.61. The molecule has 1 aromatic rings. The van der Waals surface area contributed by atoms with Crippen molar-refractivity contribution in [2.24, 2.45) is 0 Å². The molecule has 7 heteroatoms. The number of carboxylic acids is 1. The fourth-order valence-electron chi connectivity index (χ4n) is 1.24. The first-order chi connectivity index (χ1) is 8.58. The van der Waals surface area contributed by atoms with Crippen LogP contribution in [0.1, 0.15) is 12.0 Å². The van der Waals surface area contributed by atoms with Gasteiger partial charge in [0.25, 0.3) is 0 Å². The standard InChI is InChI=1S/C12H15NO5.Na/c14-10(6-11(15)16)7-13-12(17)18-8-9-4-2-1-3-5-9;/h1-5,10,14H,6-8H2,(H,13,17)(H,15,16);/q;+1/p-1/t10-;/m1./s1. The van der Waals surface area contributed by atoms with Gasteiger partial charge in [-0.3, -0.25) is 0 Å². The molecule has 0 unspecified atom stereocenters. The Morgan fingerprint density at radius 1 is 1.32 bits per heavy atom. The van der Waals surface area contributed by atoms with Crippen molar-refractivity contribution in [1.29, 1.82) is 0 Å². The van der Waals surface area contributed by atoms with Gasteiger partial charge in [-0.25, -0.2) is 4.79 Å². The number of aliphatic carboxylic acids is 1. The Labute approximate surface area is 133 Å². The van der Waals surface area contributed by atoms with E-state index in [1.807, 2.05) is 18.2 Å². The van der Waals surface area contributed by atoms with Crippen LogP contribution >= 0.6 is 0 Å². The van der Waals surface area contributed by atoms with E-state index in [-0.39, 0.29) is 42.7 Å². The van der Waals surface area contributed by atoms with Crippen molar-refractivity contribution in [1.82, 2.24) is 5.32 Å². The van der Waals surface area contributed by atoms with E-state index in [1.165, 1.54) is 0 Å². The molecule has 0 saturated carbocycles. The summed E-state index contributed by atoms with van der Waals surface area (Å²) in [7, 11) is 0. The summed E-state index contributed by atoms with van der Waals surface area (Å²) in [4.78, 5) is 21.3. The van der Waals surface area contributed by atoms with Crippen LogP contribution in [0.4, 0.5) is 4.79 Å². The number of alkyl carbamates (subject to hydrolysis) is 1. The number of aliphatic hydroxyl groups is 1. The number of benzene rings is 1. The molecular weight excluding hydrogens is 261 g/mol. The molecule has 6 nitrogen and oxygen atoms in total. The van der Waals surface area contributed by atoms with Gasteiger partial charge >= 0.3 is 35.7 Å². The number of carbonyl (C=O) groups is 2. The Morgan fingerprint density at radius 3 is 2.53 bits per heavy atom. The van der Waals surface area contributed by atoms with Crippen LogP contribution in [0.3, 0.4) is 0 Å². The number of amides is 1. The van der Waals surface area contributed by atoms with E-state index >= 15 is 0 Å². The van der Waals surface area contributed by atoms with Gasteiger partial charge in [0.2, 0.25) is 0 Å². The topological polar surface area (TPSA) is 98.7 Å². The molecule has 0 aliphatic heterocycles. The summed E-state index contributed by atoms with van der Waals surface area (Å²) in [6, 6.07) is 9.09. The summed E-state index contributed by atoms with van der Waals surface area (Å²) in [5.74, 6) is -1.37. The zero-order valence-corrected chi connectivity index (χ0v) is 12.7. The van der Waals surface area contributed by atoms with Crippen LogP contribution in [0.15, 0.2) is 30.3 Å². The predicted molar refractivity (Wildman–Crippen MR) is 60.3 cm³/mol. The van der Waals surface area contributed by atoms with Gasteiger partial charge in [0.15, 0.2) is 0 Å². The van der Waals surface area contributed by atoms with Crippen molar-refractivity contribution in [2.75, 3.05) is 6.54 Å². The van der Waals surface area contributed by atoms with Crippen LogP contribution in [0, 0.1) is 0 Å². The smallest absolute Gasteiger partial charge is 0.550 e. The first-order valence-corrected chi connectivity index (χ1v) is 5.40. The second-order valence-corrected chi connectivity index (χ2v) is 3.67. The molecular formula is C12H14NNaO5. The zero-order valence-electron chi connectivity index (χ0n) is 10.7. The molecule has 19 heavy (non-hydrogen) atoms. The number of hydrogen-bond donors (Lipinski definition) is 2. The Balaban J connectivity index is 0.00000324. The summed E-state index contributed by atoms with van der Waals surface area (Å²) in [5.41, 5.74) is 0.836. The van der Waals surface area contributed by atoms with Gasteiger partial charge in [0, 0.05) is 18.9 Å². The molecule has 0 bridgehead atoms. The Kier molecular flexibility index (Phi) is 9.24. The van der Waals surface area contributed by atoms with Crippen LogP contribution in [-0.2, 0) is 16.1 Å². The number of carboxylic acid groups (broad SMARTS) is 1. The molecule has 0 saturated heterocycles. The maximum atomic E-state index is 11.2. The fourth-order valence-corrected chi connectivity index (χ4v) is 1.24. The molecule has 0 spiro atoms. The summed E-state index contributed by atoms with van der Waals surface area (Å²) in [5, 5.41) is 21.6. The number of carbonyl (C=O) groups excluding carboxylic acids is 2. The van der Waals surface area contributed by atoms with Crippen molar-refractivity contribution in [3.8, 4) is 0 Å². The second kappa shape index (κ2) is 9.80. The number of rotatable bonds is 6. The van der Waals surface area contributed by atoms with Crippen LogP contribution in [0.2, 0.25) is 0 Å². The van der Waals surface area contributed by atoms with Gasteiger partial charge in [-0.2, -0.15) is 0 Å². The second-order valence-electron chi connectivity index (χ2n) is 3.67. The summed E-state index contributed by atoms with van der Waals surface area (Å²) >= 11 is 0. The van der Waals surface area contributed by atoms with Gasteiger partial charge in [-0.15, -0.1) is 0 Å². The monoisotopic (exact) mass is 275 g/mol. The normalized spacial score (nSPS) is 11.0. The summed E-state index contributed by atoms with van der Waals surface area (Å²) in [6.07, 6.45) is -2.42. The average molecular weight is 275 g/mol. The van der Waals surface area contributed by atoms with Crippen LogP contribution in [-0.4, -0.2) is 29.8 Å². The van der Waals surface area contributed by atoms with E-state index < -0.39 is 24.6 Å². The molecule has 0 aliphatic carbocycles. The quantitative estimate of drug-likeness (QED) is 0.523. The van der Waals surface area contributed by atoms with Gasteiger partial charge in [-0.1, -0.05) is 30.3 Å². The van der Waals surface area contributed by atoms with E-state index in [1.54, 1.807) is 12.1 Å². The van der Waals surface area contributed by atoms with Crippen LogP contribution in [0.5, 0.6) is 0 Å². The minimum atomic E-state index is -1.37. The van der Waals surface area contributed by atoms with Gasteiger partial charge < -0.3 is 25.1 Å². The minimum Gasteiger partial charge on any atom is -0.550 e. The van der Waals surface area contributed by atoms with E-state index in [0.717, 1.165) is 5.56 Å². The Hall–Kier alpha value is -1.08. The Bertz CT molecular complexity index is 398. The molecule has 0 fully saturated rings. The maximum absolute atomic E-state index is 11.2. The van der Waals surface area contributed by atoms with Gasteiger partial charge in [-0.05, 0) is 5.56 Å². The molecule has 98 valence electrons. The summed E-state index contributed by atoms with van der Waals surface area (Å²) in [6.45, 7) is -0.0785. The maximum Gasteiger partial charge on any atom is 1.00 e. The number of hydrogen-bond acceptors (Lipinski definition) is 5. The number of ether oxygens (including phenoxy) is 1. The predicted octanol–water partition coefficient (Wildman–Crippen LogP) is -3.58. The third-order valence-electron chi connectivity index (χ3n) is 2.10. The van der Waals surface area contributed by atoms with Gasteiger partial charge in [0.05, 0.1) is 6.10 Å². The van der Waals surface area contributed by atoms with Crippen LogP contribution < -0.4 is 40.0 Å². The van der Waals surface area contributed by atoms with Crippen molar-refractivity contribution < 1.29 is 54.1 Å². The minimum absolute atomic E-state index is 0. The van der Waals surface area contributed by atoms with E-state index in [4.69, 9.17) is 9.84 Å². The summed E-state index contributed by atoms with van der Waals surface area (Å²) < 4.78 is 4.86. The SMILES string of the molecule is O=C([O-])C[C@@H](O)CNC(=O)OCc1ccccc1.[Na+]. The van der Waals surface area contributed by atoms with Crippen molar-refractivity contribution in [3.05, 3.63) is 35.9 Å². The van der Waals surface area contributed by atoms with Crippen LogP contribution in [0.25, 0.3) is 0 Å². The molecule has 0 heterocycles. The molecule has 1 aromatic carbocycles. The van der Waals surface area contributed by atoms with E-state index in [0.29, 0.717) is 0 Å². The van der Waals surface area contributed by atoms with E-state index in [2.05, 4.69) is 5.32 Å². The fraction of sp³-hybridized carbons (Fsp3) is 0.333. The molecule has 0 aliphatic rings.